The van der Waals surface area contributed by atoms with Gasteiger partial charge in [-0.25, -0.2) is 0 Å². The van der Waals surface area contributed by atoms with Crippen molar-refractivity contribution in [2.24, 2.45) is 5.73 Å². The van der Waals surface area contributed by atoms with Crippen LogP contribution in [0.3, 0.4) is 0 Å². The van der Waals surface area contributed by atoms with Gasteiger partial charge in [-0.3, -0.25) is 4.79 Å². The smallest absolute Gasteiger partial charge is 0.241 e. The third-order valence-electron chi connectivity index (χ3n) is 1.17. The van der Waals surface area contributed by atoms with Gasteiger partial charge in [0.15, 0.2) is 0 Å². The van der Waals surface area contributed by atoms with E-state index in [4.69, 9.17) is 5.73 Å². The number of hydrogen-bond donors (Lipinski definition) is 1. The lowest BCUT2D eigenvalue weighted by Crippen LogP contribution is -2.04. The van der Waals surface area contributed by atoms with Gasteiger partial charge in [-0.1, -0.05) is 0 Å². The first kappa shape index (κ1) is 8.01. The second kappa shape index (κ2) is 3.34. The fraction of sp³-hybridized carbons (Fsp3) is 0.125. The molecule has 1 heterocycles. The molecule has 0 saturated carbocycles. The zero-order valence-corrected chi connectivity index (χ0v) is 7.02. The Labute approximate surface area is 69.3 Å². The van der Waals surface area contributed by atoms with Crippen LogP contribution in [0.2, 0.25) is 0 Å². The predicted octanol–water partition coefficient (Wildman–Crippen LogP) is 1.56. The van der Waals surface area contributed by atoms with Crippen LogP contribution in [0, 0.1) is 6.92 Å². The standard InChI is InChI=1S/C8H9NOS/c1-6-2-3-7(11-6)4-5-8(9)10/h2-5H,1H3,(H2,9,10). The van der Waals surface area contributed by atoms with E-state index in [2.05, 4.69) is 0 Å². The summed E-state index contributed by atoms with van der Waals surface area (Å²) in [4.78, 5) is 12.6. The Hall–Kier alpha value is -1.09. The summed E-state index contributed by atoms with van der Waals surface area (Å²) in [6, 6.07) is 3.96. The zero-order valence-electron chi connectivity index (χ0n) is 6.20. The van der Waals surface area contributed by atoms with Crippen molar-refractivity contribution in [2.45, 2.75) is 6.92 Å². The predicted molar refractivity (Wildman–Crippen MR) is 47.3 cm³/mol. The molecule has 0 aliphatic carbocycles. The molecule has 0 aliphatic rings. The van der Waals surface area contributed by atoms with E-state index in [1.54, 1.807) is 17.4 Å². The minimum atomic E-state index is -0.406. The Morgan fingerprint density at radius 1 is 1.64 bits per heavy atom. The van der Waals surface area contributed by atoms with E-state index in [0.29, 0.717) is 0 Å². The number of carbonyl (C=O) groups excluding carboxylic acids is 1. The van der Waals surface area contributed by atoms with Crippen LogP contribution in [-0.4, -0.2) is 5.91 Å². The Kier molecular flexibility index (Phi) is 2.44. The molecule has 0 aromatic carbocycles. The summed E-state index contributed by atoms with van der Waals surface area (Å²) >= 11 is 1.64. The van der Waals surface area contributed by atoms with E-state index >= 15 is 0 Å². The molecule has 1 amide bonds. The van der Waals surface area contributed by atoms with Gasteiger partial charge >= 0.3 is 0 Å². The van der Waals surface area contributed by atoms with Crippen molar-refractivity contribution in [2.75, 3.05) is 0 Å². The molecule has 2 nitrogen and oxygen atoms in total. The molecule has 1 aromatic heterocycles. The molecule has 1 rings (SSSR count). The van der Waals surface area contributed by atoms with Crippen molar-refractivity contribution in [3.8, 4) is 0 Å². The Bertz CT molecular complexity index is 288. The van der Waals surface area contributed by atoms with E-state index in [0.717, 1.165) is 4.88 Å². The summed E-state index contributed by atoms with van der Waals surface area (Å²) in [6.07, 6.45) is 3.09. The lowest BCUT2D eigenvalue weighted by Gasteiger charge is -1.80. The number of amides is 1. The van der Waals surface area contributed by atoms with E-state index in [9.17, 15) is 4.79 Å². The van der Waals surface area contributed by atoms with Crippen molar-refractivity contribution in [1.82, 2.24) is 0 Å². The third-order valence-corrected chi connectivity index (χ3v) is 2.14. The van der Waals surface area contributed by atoms with Crippen molar-refractivity contribution in [3.63, 3.8) is 0 Å². The molecule has 1 aromatic rings. The largest absolute Gasteiger partial charge is 0.366 e. The molecule has 0 spiro atoms. The summed E-state index contributed by atoms with van der Waals surface area (Å²) < 4.78 is 0. The van der Waals surface area contributed by atoms with Gasteiger partial charge in [0.25, 0.3) is 0 Å². The molecule has 0 fully saturated rings. The SMILES string of the molecule is Cc1ccc(C=CC(N)=O)s1. The number of aryl methyl sites for hydroxylation is 1. The normalized spacial score (nSPS) is 10.6. The Morgan fingerprint density at radius 2 is 2.36 bits per heavy atom. The van der Waals surface area contributed by atoms with Crippen LogP contribution in [0.25, 0.3) is 6.08 Å². The average molecular weight is 167 g/mol. The Balaban J connectivity index is 2.71. The monoisotopic (exact) mass is 167 g/mol. The summed E-state index contributed by atoms with van der Waals surface area (Å²) in [6.45, 7) is 2.02. The molecule has 11 heavy (non-hydrogen) atoms. The van der Waals surface area contributed by atoms with E-state index in [1.807, 2.05) is 19.1 Å². The van der Waals surface area contributed by atoms with Gasteiger partial charge in [-0.05, 0) is 25.1 Å². The topological polar surface area (TPSA) is 43.1 Å². The number of carbonyl (C=O) groups is 1. The van der Waals surface area contributed by atoms with Crippen LogP contribution in [0.5, 0.6) is 0 Å². The fourth-order valence-corrected chi connectivity index (χ4v) is 1.49. The third kappa shape index (κ3) is 2.55. The highest BCUT2D eigenvalue weighted by molar-refractivity contribution is 7.12. The highest BCUT2D eigenvalue weighted by Crippen LogP contribution is 2.15. The molecule has 0 aliphatic heterocycles. The lowest BCUT2D eigenvalue weighted by molar-refractivity contribution is -0.113. The second-order valence-electron chi connectivity index (χ2n) is 2.18. The van der Waals surface area contributed by atoms with Crippen LogP contribution in [0.4, 0.5) is 0 Å². The molecule has 0 radical (unpaired) electrons. The summed E-state index contributed by atoms with van der Waals surface area (Å²) in [5.74, 6) is -0.406. The lowest BCUT2D eigenvalue weighted by atomic mass is 10.4. The van der Waals surface area contributed by atoms with Gasteiger partial charge < -0.3 is 5.73 Å². The fourth-order valence-electron chi connectivity index (χ4n) is 0.707. The number of nitrogens with two attached hydrogens (primary N) is 1. The number of thiophene rings is 1. The van der Waals surface area contributed by atoms with Gasteiger partial charge in [0.05, 0.1) is 0 Å². The van der Waals surface area contributed by atoms with Gasteiger partial charge in [0.2, 0.25) is 5.91 Å². The molecular formula is C8H9NOS. The minimum absolute atomic E-state index is 0.406. The summed E-state index contributed by atoms with van der Waals surface area (Å²) in [5.41, 5.74) is 4.93. The quantitative estimate of drug-likeness (QED) is 0.667. The van der Waals surface area contributed by atoms with Gasteiger partial charge in [0, 0.05) is 15.8 Å². The van der Waals surface area contributed by atoms with Gasteiger partial charge in [-0.2, -0.15) is 0 Å². The minimum Gasteiger partial charge on any atom is -0.366 e. The first-order valence-corrected chi connectivity index (χ1v) is 4.04. The number of primary amides is 1. The maximum atomic E-state index is 10.3. The van der Waals surface area contributed by atoms with E-state index in [1.165, 1.54) is 11.0 Å². The second-order valence-corrected chi connectivity index (χ2v) is 3.50. The van der Waals surface area contributed by atoms with E-state index < -0.39 is 5.91 Å². The number of rotatable bonds is 2. The van der Waals surface area contributed by atoms with E-state index in [-0.39, 0.29) is 0 Å². The molecule has 0 unspecified atom stereocenters. The van der Waals surface area contributed by atoms with Gasteiger partial charge in [0.1, 0.15) is 0 Å². The summed E-state index contributed by atoms with van der Waals surface area (Å²) in [5, 5.41) is 0. The van der Waals surface area contributed by atoms with Crippen LogP contribution in [0.15, 0.2) is 18.2 Å². The van der Waals surface area contributed by atoms with Crippen LogP contribution in [0.1, 0.15) is 9.75 Å². The maximum absolute atomic E-state index is 10.3. The van der Waals surface area contributed by atoms with Crippen molar-refractivity contribution in [1.29, 1.82) is 0 Å². The first-order valence-electron chi connectivity index (χ1n) is 3.22. The molecule has 0 bridgehead atoms. The molecule has 3 heteroatoms. The van der Waals surface area contributed by atoms with Crippen molar-refractivity contribution >= 4 is 23.3 Å². The number of hydrogen-bond acceptors (Lipinski definition) is 2. The first-order chi connectivity index (χ1) is 5.18. The molecule has 0 saturated heterocycles. The van der Waals surface area contributed by atoms with Crippen molar-refractivity contribution < 1.29 is 4.79 Å². The zero-order chi connectivity index (χ0) is 8.27. The van der Waals surface area contributed by atoms with Crippen LogP contribution in [-0.2, 0) is 4.79 Å². The summed E-state index contributed by atoms with van der Waals surface area (Å²) in [7, 11) is 0. The van der Waals surface area contributed by atoms with Crippen LogP contribution >= 0.6 is 11.3 Å². The molecule has 0 atom stereocenters. The highest BCUT2D eigenvalue weighted by Gasteiger charge is 1.90. The maximum Gasteiger partial charge on any atom is 0.241 e. The average Bonchev–Trinajstić information content (AvgIpc) is 2.31. The van der Waals surface area contributed by atoms with Crippen molar-refractivity contribution in [3.05, 3.63) is 28.0 Å². The van der Waals surface area contributed by atoms with Crippen LogP contribution < -0.4 is 5.73 Å². The molecule has 2 N–H and O–H groups in total. The molecular weight excluding hydrogens is 158 g/mol. The molecule has 58 valence electrons. The van der Waals surface area contributed by atoms with Gasteiger partial charge in [-0.15, -0.1) is 11.3 Å². The Morgan fingerprint density at radius 3 is 2.82 bits per heavy atom. The highest BCUT2D eigenvalue weighted by atomic mass is 32.1.